The van der Waals surface area contributed by atoms with Crippen LogP contribution in [-0.2, 0) is 6.54 Å². The first-order valence-electron chi connectivity index (χ1n) is 6.78. The summed E-state index contributed by atoms with van der Waals surface area (Å²) < 4.78 is 15.3. The van der Waals surface area contributed by atoms with Gasteiger partial charge in [0.15, 0.2) is 0 Å². The van der Waals surface area contributed by atoms with Gasteiger partial charge in [0.25, 0.3) is 5.91 Å². The number of nitrogens with zero attached hydrogens (tertiary/aromatic N) is 2. The maximum atomic E-state index is 13.7. The minimum atomic E-state index is -0.468. The number of rotatable bonds is 4. The van der Waals surface area contributed by atoms with Gasteiger partial charge in [-0.1, -0.05) is 17.7 Å². The van der Waals surface area contributed by atoms with Crippen molar-refractivity contribution >= 4 is 17.5 Å². The summed E-state index contributed by atoms with van der Waals surface area (Å²) in [4.78, 5) is 12.3. The van der Waals surface area contributed by atoms with Crippen LogP contribution in [0.25, 0.3) is 0 Å². The fourth-order valence-corrected chi connectivity index (χ4v) is 2.47. The van der Waals surface area contributed by atoms with E-state index in [1.807, 2.05) is 19.9 Å². The molecule has 4 nitrogen and oxygen atoms in total. The van der Waals surface area contributed by atoms with Crippen LogP contribution in [0.2, 0.25) is 5.02 Å². The third-order valence-corrected chi connectivity index (χ3v) is 3.62. The van der Waals surface area contributed by atoms with E-state index in [0.29, 0.717) is 11.4 Å². The normalized spacial score (nSPS) is 10.5. The van der Waals surface area contributed by atoms with Crippen LogP contribution in [0.1, 0.15) is 41.6 Å². The molecule has 0 saturated heterocycles. The van der Waals surface area contributed by atoms with Gasteiger partial charge < -0.3 is 9.88 Å². The van der Waals surface area contributed by atoms with E-state index in [9.17, 15) is 9.18 Å². The van der Waals surface area contributed by atoms with E-state index in [2.05, 4.69) is 5.32 Å². The summed E-state index contributed by atoms with van der Waals surface area (Å²) in [5, 5.41) is 12.0. The molecule has 1 heterocycles. The van der Waals surface area contributed by atoms with Gasteiger partial charge in [-0.25, -0.2) is 4.39 Å². The molecule has 1 aromatic heterocycles. The average Bonchev–Trinajstić information content (AvgIpc) is 2.90. The van der Waals surface area contributed by atoms with E-state index in [1.165, 1.54) is 12.1 Å². The van der Waals surface area contributed by atoms with Crippen LogP contribution >= 0.6 is 11.6 Å². The molecule has 0 aliphatic carbocycles. The van der Waals surface area contributed by atoms with Crippen molar-refractivity contribution in [3.63, 3.8) is 0 Å². The maximum Gasteiger partial charge on any atom is 0.268 e. The summed E-state index contributed by atoms with van der Waals surface area (Å²) in [6, 6.07) is 9.54. The first-order chi connectivity index (χ1) is 10.5. The number of halogens is 2. The van der Waals surface area contributed by atoms with Gasteiger partial charge >= 0.3 is 0 Å². The third-order valence-electron chi connectivity index (χ3n) is 3.27. The Labute approximate surface area is 133 Å². The number of aromatic nitrogens is 1. The van der Waals surface area contributed by atoms with Crippen LogP contribution < -0.4 is 5.32 Å². The van der Waals surface area contributed by atoms with Crippen molar-refractivity contribution in [2.45, 2.75) is 26.4 Å². The number of nitriles is 1. The summed E-state index contributed by atoms with van der Waals surface area (Å²) in [5.74, 6) is -0.848. The first kappa shape index (κ1) is 16.1. The molecular formula is C16H15ClFN3O. The molecule has 0 fully saturated rings. The number of hydrogen-bond acceptors (Lipinski definition) is 2. The van der Waals surface area contributed by atoms with Crippen LogP contribution in [0, 0.1) is 17.1 Å². The summed E-state index contributed by atoms with van der Waals surface area (Å²) in [6.45, 7) is 3.74. The Morgan fingerprint density at radius 2 is 2.14 bits per heavy atom. The molecule has 22 heavy (non-hydrogen) atoms. The second kappa shape index (κ2) is 6.63. The van der Waals surface area contributed by atoms with Gasteiger partial charge in [-0.15, -0.1) is 0 Å². The minimum absolute atomic E-state index is 0.0184. The zero-order chi connectivity index (χ0) is 16.3. The maximum absolute atomic E-state index is 13.7. The molecule has 114 valence electrons. The highest BCUT2D eigenvalue weighted by molar-refractivity contribution is 6.31. The standard InChI is InChI=1S/C16H15ClFN3O/c1-10(2)21-11(8-19)6-7-15(21)16(22)20-9-12-13(17)4-3-5-14(12)18/h3-7,10H,9H2,1-2H3,(H,20,22). The van der Waals surface area contributed by atoms with Crippen molar-refractivity contribution in [2.75, 3.05) is 0 Å². The van der Waals surface area contributed by atoms with E-state index in [4.69, 9.17) is 16.9 Å². The minimum Gasteiger partial charge on any atom is -0.347 e. The lowest BCUT2D eigenvalue weighted by Gasteiger charge is -2.14. The van der Waals surface area contributed by atoms with Gasteiger partial charge in [-0.05, 0) is 38.1 Å². The number of carbonyl (C=O) groups excluding carboxylic acids is 1. The number of hydrogen-bond donors (Lipinski definition) is 1. The van der Waals surface area contributed by atoms with Crippen LogP contribution in [0.3, 0.4) is 0 Å². The van der Waals surface area contributed by atoms with Crippen molar-refractivity contribution in [3.8, 4) is 6.07 Å². The van der Waals surface area contributed by atoms with Crippen molar-refractivity contribution in [1.82, 2.24) is 9.88 Å². The number of amides is 1. The topological polar surface area (TPSA) is 57.8 Å². The molecule has 0 radical (unpaired) electrons. The summed E-state index contributed by atoms with van der Waals surface area (Å²) in [6.07, 6.45) is 0. The van der Waals surface area contributed by atoms with Crippen molar-refractivity contribution < 1.29 is 9.18 Å². The van der Waals surface area contributed by atoms with Crippen molar-refractivity contribution in [2.24, 2.45) is 0 Å². The van der Waals surface area contributed by atoms with Crippen LogP contribution in [-0.4, -0.2) is 10.5 Å². The fourth-order valence-electron chi connectivity index (χ4n) is 2.24. The Morgan fingerprint density at radius 3 is 2.73 bits per heavy atom. The smallest absolute Gasteiger partial charge is 0.268 e. The molecule has 0 aliphatic rings. The Kier molecular flexibility index (Phi) is 4.84. The van der Waals surface area contributed by atoms with Crippen LogP contribution in [0.5, 0.6) is 0 Å². The SMILES string of the molecule is CC(C)n1c(C#N)ccc1C(=O)NCc1c(F)cccc1Cl. The van der Waals surface area contributed by atoms with Crippen molar-refractivity contribution in [1.29, 1.82) is 5.26 Å². The molecule has 1 amide bonds. The van der Waals surface area contributed by atoms with Gasteiger partial charge in [-0.3, -0.25) is 4.79 Å². The number of carbonyl (C=O) groups is 1. The fraction of sp³-hybridized carbons (Fsp3) is 0.250. The summed E-state index contributed by atoms with van der Waals surface area (Å²) in [7, 11) is 0. The van der Waals surface area contributed by atoms with E-state index in [-0.39, 0.29) is 29.1 Å². The Hall–Kier alpha value is -2.32. The number of benzene rings is 1. The van der Waals surface area contributed by atoms with Crippen LogP contribution in [0.4, 0.5) is 4.39 Å². The van der Waals surface area contributed by atoms with Gasteiger partial charge in [0.1, 0.15) is 23.3 Å². The molecule has 1 aromatic carbocycles. The average molecular weight is 320 g/mol. The molecule has 0 bridgehead atoms. The van der Waals surface area contributed by atoms with Gasteiger partial charge in [0, 0.05) is 23.2 Å². The lowest BCUT2D eigenvalue weighted by molar-refractivity contribution is 0.0939. The van der Waals surface area contributed by atoms with E-state index in [1.54, 1.807) is 22.8 Å². The van der Waals surface area contributed by atoms with Gasteiger partial charge in [0.05, 0.1) is 0 Å². The Balaban J connectivity index is 2.21. The third kappa shape index (κ3) is 3.12. The molecule has 0 unspecified atom stereocenters. The highest BCUT2D eigenvalue weighted by Crippen LogP contribution is 2.19. The quantitative estimate of drug-likeness (QED) is 0.935. The molecule has 2 rings (SSSR count). The predicted molar refractivity (Wildman–Crippen MR) is 82.1 cm³/mol. The molecule has 0 saturated carbocycles. The van der Waals surface area contributed by atoms with Crippen molar-refractivity contribution in [3.05, 3.63) is 58.1 Å². The number of nitrogens with one attached hydrogen (secondary N) is 1. The first-order valence-corrected chi connectivity index (χ1v) is 7.16. The Morgan fingerprint density at radius 1 is 1.41 bits per heavy atom. The monoisotopic (exact) mass is 319 g/mol. The molecular weight excluding hydrogens is 305 g/mol. The van der Waals surface area contributed by atoms with E-state index >= 15 is 0 Å². The highest BCUT2D eigenvalue weighted by Gasteiger charge is 2.17. The largest absolute Gasteiger partial charge is 0.347 e. The van der Waals surface area contributed by atoms with E-state index in [0.717, 1.165) is 0 Å². The Bertz CT molecular complexity index is 726. The lowest BCUT2D eigenvalue weighted by Crippen LogP contribution is -2.27. The summed E-state index contributed by atoms with van der Waals surface area (Å²) in [5.41, 5.74) is 1.00. The molecule has 0 spiro atoms. The molecule has 0 aliphatic heterocycles. The summed E-state index contributed by atoms with van der Waals surface area (Å²) >= 11 is 5.93. The molecule has 6 heteroatoms. The van der Waals surface area contributed by atoms with Crippen LogP contribution in [0.15, 0.2) is 30.3 Å². The van der Waals surface area contributed by atoms with Gasteiger partial charge in [0.2, 0.25) is 0 Å². The zero-order valence-electron chi connectivity index (χ0n) is 12.2. The second-order valence-electron chi connectivity index (χ2n) is 5.06. The molecule has 0 atom stereocenters. The zero-order valence-corrected chi connectivity index (χ0v) is 13.0. The molecule has 1 N–H and O–H groups in total. The predicted octanol–water partition coefficient (Wildman–Crippen LogP) is 3.66. The van der Waals surface area contributed by atoms with Gasteiger partial charge in [-0.2, -0.15) is 5.26 Å². The van der Waals surface area contributed by atoms with E-state index < -0.39 is 5.82 Å². The second-order valence-corrected chi connectivity index (χ2v) is 5.47. The molecule has 2 aromatic rings. The lowest BCUT2D eigenvalue weighted by atomic mass is 10.2. The highest BCUT2D eigenvalue weighted by atomic mass is 35.5.